The molecule has 1 heterocycles. The predicted molar refractivity (Wildman–Crippen MR) is 89.8 cm³/mol. The Balaban J connectivity index is 2.13. The third-order valence-corrected chi connectivity index (χ3v) is 3.03. The summed E-state index contributed by atoms with van der Waals surface area (Å²) in [5.74, 6) is 0.519. The van der Waals surface area contributed by atoms with Crippen molar-refractivity contribution < 1.29 is 9.66 Å². The number of anilines is 1. The van der Waals surface area contributed by atoms with E-state index in [1.54, 1.807) is 6.20 Å². The minimum absolute atomic E-state index is 0.109. The maximum Gasteiger partial charge on any atom is 0.270 e. The maximum atomic E-state index is 10.8. The largest absolute Gasteiger partial charge is 0.472 e. The van der Waals surface area contributed by atoms with E-state index in [2.05, 4.69) is 10.3 Å². The van der Waals surface area contributed by atoms with Crippen LogP contribution < -0.4 is 10.1 Å². The van der Waals surface area contributed by atoms with Gasteiger partial charge in [-0.1, -0.05) is 0 Å². The molecule has 0 amide bonds. The molecule has 7 nitrogen and oxygen atoms in total. The number of ether oxygens (including phenoxy) is 1. The fourth-order valence-electron chi connectivity index (χ4n) is 2.02. The first-order valence-electron chi connectivity index (χ1n) is 7.35. The summed E-state index contributed by atoms with van der Waals surface area (Å²) in [5, 5.41) is 23.0. The highest BCUT2D eigenvalue weighted by Gasteiger charge is 2.13. The van der Waals surface area contributed by atoms with Crippen molar-refractivity contribution in [3.05, 3.63) is 57.8 Å². The number of nitriles is 1. The number of hydrogen-bond donors (Lipinski definition) is 1. The Labute approximate surface area is 140 Å². The van der Waals surface area contributed by atoms with Crippen LogP contribution in [0.5, 0.6) is 5.88 Å². The number of pyridine rings is 1. The minimum atomic E-state index is -0.524. The van der Waals surface area contributed by atoms with Crippen molar-refractivity contribution in [2.24, 2.45) is 0 Å². The Morgan fingerprint density at radius 1 is 1.33 bits per heavy atom. The van der Waals surface area contributed by atoms with Crippen molar-refractivity contribution in [2.45, 2.75) is 32.9 Å². The summed E-state index contributed by atoms with van der Waals surface area (Å²) < 4.78 is 5.72. The average molecular weight is 326 g/mol. The number of nitro benzene ring substituents is 1. The molecule has 2 rings (SSSR count). The zero-order valence-corrected chi connectivity index (χ0v) is 13.7. The van der Waals surface area contributed by atoms with Gasteiger partial charge >= 0.3 is 0 Å². The molecule has 1 aromatic carbocycles. The second-order valence-electron chi connectivity index (χ2n) is 6.17. The Kier molecular flexibility index (Phi) is 4.99. The van der Waals surface area contributed by atoms with Gasteiger partial charge < -0.3 is 10.1 Å². The summed E-state index contributed by atoms with van der Waals surface area (Å²) in [6.45, 7) is 6.26. The molecular formula is C17H18N4O3. The second kappa shape index (κ2) is 6.96. The van der Waals surface area contributed by atoms with Crippen molar-refractivity contribution in [3.8, 4) is 11.9 Å². The molecule has 24 heavy (non-hydrogen) atoms. The minimum Gasteiger partial charge on any atom is -0.472 e. The van der Waals surface area contributed by atoms with Gasteiger partial charge in [-0.3, -0.25) is 10.1 Å². The lowest BCUT2D eigenvalue weighted by Crippen LogP contribution is -2.23. The summed E-state index contributed by atoms with van der Waals surface area (Å²) in [6.07, 6.45) is 1.65. The highest BCUT2D eigenvalue weighted by atomic mass is 16.6. The summed E-state index contributed by atoms with van der Waals surface area (Å²) in [7, 11) is 0. The van der Waals surface area contributed by atoms with Crippen molar-refractivity contribution >= 4 is 11.4 Å². The van der Waals surface area contributed by atoms with E-state index in [1.807, 2.05) is 39.0 Å². The van der Waals surface area contributed by atoms with Crippen molar-refractivity contribution in [1.82, 2.24) is 4.98 Å². The van der Waals surface area contributed by atoms with Crippen LogP contribution in [0.1, 0.15) is 31.9 Å². The van der Waals surface area contributed by atoms with E-state index in [1.165, 1.54) is 18.2 Å². The first kappa shape index (κ1) is 17.2. The first-order chi connectivity index (χ1) is 11.3. The van der Waals surface area contributed by atoms with Crippen molar-refractivity contribution in [3.63, 3.8) is 0 Å². The monoisotopic (exact) mass is 326 g/mol. The zero-order chi connectivity index (χ0) is 17.7. The predicted octanol–water partition coefficient (Wildman–Crippen LogP) is 3.65. The Hall–Kier alpha value is -3.14. The van der Waals surface area contributed by atoms with Gasteiger partial charge in [0.1, 0.15) is 11.7 Å². The molecule has 0 fully saturated rings. The molecule has 0 unspecified atom stereocenters. The number of nitrogens with zero attached hydrogens (tertiary/aromatic N) is 3. The number of rotatable bonds is 5. The summed E-state index contributed by atoms with van der Waals surface area (Å²) >= 11 is 0. The van der Waals surface area contributed by atoms with Crippen molar-refractivity contribution in [1.29, 1.82) is 5.26 Å². The quantitative estimate of drug-likeness (QED) is 0.664. The Morgan fingerprint density at radius 3 is 2.71 bits per heavy atom. The lowest BCUT2D eigenvalue weighted by molar-refractivity contribution is -0.384. The second-order valence-corrected chi connectivity index (χ2v) is 6.17. The smallest absolute Gasteiger partial charge is 0.270 e. The summed E-state index contributed by atoms with van der Waals surface area (Å²) in [5.41, 5.74) is 1.24. The molecule has 124 valence electrons. The van der Waals surface area contributed by atoms with E-state index >= 15 is 0 Å². The molecule has 1 aromatic heterocycles. The molecule has 0 saturated heterocycles. The third kappa shape index (κ3) is 4.68. The van der Waals surface area contributed by atoms with Crippen LogP contribution in [0.4, 0.5) is 11.4 Å². The van der Waals surface area contributed by atoms with Crippen LogP contribution in [0.2, 0.25) is 0 Å². The maximum absolute atomic E-state index is 10.8. The zero-order valence-electron chi connectivity index (χ0n) is 13.7. The van der Waals surface area contributed by atoms with Crippen LogP contribution in [-0.4, -0.2) is 15.5 Å². The fraction of sp³-hybridized carbons (Fsp3) is 0.294. The molecule has 0 spiro atoms. The molecule has 0 saturated carbocycles. The molecule has 1 N–H and O–H groups in total. The van der Waals surface area contributed by atoms with E-state index in [4.69, 9.17) is 10.00 Å². The fourth-order valence-corrected chi connectivity index (χ4v) is 2.02. The molecule has 0 aliphatic carbocycles. The number of non-ortho nitro benzene ring substituents is 1. The molecule has 0 atom stereocenters. The van der Waals surface area contributed by atoms with Crippen LogP contribution in [0.15, 0.2) is 36.5 Å². The van der Waals surface area contributed by atoms with Gasteiger partial charge in [0.15, 0.2) is 0 Å². The van der Waals surface area contributed by atoms with E-state index < -0.39 is 4.92 Å². The number of nitrogens with one attached hydrogen (secondary N) is 1. The molecule has 0 aliphatic rings. The number of benzene rings is 1. The highest BCUT2D eigenvalue weighted by molar-refractivity contribution is 5.61. The third-order valence-electron chi connectivity index (χ3n) is 3.03. The van der Waals surface area contributed by atoms with Crippen LogP contribution in [0.3, 0.4) is 0 Å². The topological polar surface area (TPSA) is 101 Å². The molecule has 7 heteroatoms. The van der Waals surface area contributed by atoms with Crippen LogP contribution in [0.25, 0.3) is 0 Å². The van der Waals surface area contributed by atoms with Crippen LogP contribution in [-0.2, 0) is 6.54 Å². The Morgan fingerprint density at radius 2 is 2.08 bits per heavy atom. The summed E-state index contributed by atoms with van der Waals surface area (Å²) in [4.78, 5) is 14.4. The summed E-state index contributed by atoms with van der Waals surface area (Å²) in [6, 6.07) is 9.76. The van der Waals surface area contributed by atoms with Gasteiger partial charge in [-0.2, -0.15) is 5.26 Å². The molecule has 2 aromatic rings. The van der Waals surface area contributed by atoms with Crippen LogP contribution >= 0.6 is 0 Å². The van der Waals surface area contributed by atoms with Gasteiger partial charge in [0, 0.05) is 30.9 Å². The van der Waals surface area contributed by atoms with Gasteiger partial charge in [0.05, 0.1) is 16.2 Å². The van der Waals surface area contributed by atoms with Gasteiger partial charge in [-0.15, -0.1) is 0 Å². The van der Waals surface area contributed by atoms with Crippen LogP contribution in [0, 0.1) is 21.4 Å². The van der Waals surface area contributed by atoms with E-state index in [-0.39, 0.29) is 16.9 Å². The lowest BCUT2D eigenvalue weighted by Gasteiger charge is -2.20. The first-order valence-corrected chi connectivity index (χ1v) is 7.35. The van der Waals surface area contributed by atoms with E-state index in [0.717, 1.165) is 5.56 Å². The molecular weight excluding hydrogens is 308 g/mol. The standard InChI is InChI=1S/C17H18N4O3/c1-17(2,3)24-16-8-12(6-7-19-16)11-20-15-5-4-14(21(22)23)9-13(15)10-18/h4-9,20H,11H2,1-3H3. The van der Waals surface area contributed by atoms with Crippen molar-refractivity contribution in [2.75, 3.05) is 5.32 Å². The van der Waals surface area contributed by atoms with Gasteiger partial charge in [0.2, 0.25) is 5.88 Å². The Bertz CT molecular complexity index is 791. The SMILES string of the molecule is CC(C)(C)Oc1cc(CNc2ccc([N+](=O)[O-])cc2C#N)ccn1. The van der Waals surface area contributed by atoms with Gasteiger partial charge in [-0.05, 0) is 38.5 Å². The normalized spacial score (nSPS) is 10.8. The molecule has 0 aliphatic heterocycles. The number of nitro groups is 1. The number of aromatic nitrogens is 1. The molecule has 0 radical (unpaired) electrons. The lowest BCUT2D eigenvalue weighted by atomic mass is 10.1. The van der Waals surface area contributed by atoms with E-state index in [9.17, 15) is 10.1 Å². The number of hydrogen-bond acceptors (Lipinski definition) is 6. The highest BCUT2D eigenvalue weighted by Crippen LogP contribution is 2.22. The molecule has 0 bridgehead atoms. The van der Waals surface area contributed by atoms with E-state index in [0.29, 0.717) is 18.1 Å². The van der Waals surface area contributed by atoms with Gasteiger partial charge in [-0.25, -0.2) is 4.98 Å². The average Bonchev–Trinajstić information content (AvgIpc) is 2.51. The van der Waals surface area contributed by atoms with Gasteiger partial charge in [0.25, 0.3) is 5.69 Å².